The molecule has 0 amide bonds. The van der Waals surface area contributed by atoms with Gasteiger partial charge in [-0.3, -0.25) is 4.79 Å². The van der Waals surface area contributed by atoms with Crippen LogP contribution in [0.4, 0.5) is 0 Å². The lowest BCUT2D eigenvalue weighted by Crippen LogP contribution is -2.12. The van der Waals surface area contributed by atoms with Crippen molar-refractivity contribution in [3.8, 4) is 11.5 Å². The first-order valence-electron chi connectivity index (χ1n) is 8.26. The molecule has 1 unspecified atom stereocenters. The molecule has 0 aliphatic carbocycles. The molecule has 1 aromatic carbocycles. The first kappa shape index (κ1) is 20.5. The lowest BCUT2D eigenvalue weighted by Gasteiger charge is -2.17. The van der Waals surface area contributed by atoms with E-state index in [0.29, 0.717) is 17.1 Å². The normalized spacial score (nSPS) is 12.4. The number of benzene rings is 1. The van der Waals surface area contributed by atoms with Crippen LogP contribution in [0.5, 0.6) is 11.5 Å². The number of carboxylic acid groups (broad SMARTS) is 1. The number of hydrogen-bond donors (Lipinski definition) is 1. The topological polar surface area (TPSA) is 82.1 Å². The number of rotatable bonds is 10. The van der Waals surface area contributed by atoms with Gasteiger partial charge in [-0.15, -0.1) is 0 Å². The van der Waals surface area contributed by atoms with Crippen molar-refractivity contribution in [1.29, 1.82) is 0 Å². The highest BCUT2D eigenvalue weighted by molar-refractivity contribution is 5.97. The molecule has 1 N–H and O–H groups in total. The van der Waals surface area contributed by atoms with E-state index in [-0.39, 0.29) is 11.7 Å². The largest absolute Gasteiger partial charge is 0.493 e. The zero-order chi connectivity index (χ0) is 18.8. The Morgan fingerprint density at radius 3 is 2.52 bits per heavy atom. The van der Waals surface area contributed by atoms with Crippen LogP contribution in [-0.2, 0) is 14.3 Å². The summed E-state index contributed by atoms with van der Waals surface area (Å²) in [5, 5.41) is 8.95. The summed E-state index contributed by atoms with van der Waals surface area (Å²) in [4.78, 5) is 22.7. The standard InChI is InChI=1S/C19H26O6/c1-5-6-7-13(2)25-17-11-14(8-9-16(17)23-3)10-15(12-18(20)21)19(22)24-4/h8-11,13H,5-7,12H2,1-4H3,(H,20,21)/b15-10+. The van der Waals surface area contributed by atoms with E-state index >= 15 is 0 Å². The van der Waals surface area contributed by atoms with E-state index in [2.05, 4.69) is 11.7 Å². The van der Waals surface area contributed by atoms with Gasteiger partial charge in [-0.25, -0.2) is 4.79 Å². The Kier molecular flexibility index (Phi) is 8.53. The molecule has 1 aromatic rings. The first-order chi connectivity index (χ1) is 11.9. The fourth-order valence-corrected chi connectivity index (χ4v) is 2.32. The highest BCUT2D eigenvalue weighted by Gasteiger charge is 2.15. The van der Waals surface area contributed by atoms with Gasteiger partial charge in [0.15, 0.2) is 11.5 Å². The minimum absolute atomic E-state index is 0.0205. The van der Waals surface area contributed by atoms with Crippen molar-refractivity contribution in [2.75, 3.05) is 14.2 Å². The van der Waals surface area contributed by atoms with Crippen molar-refractivity contribution < 1.29 is 28.9 Å². The summed E-state index contributed by atoms with van der Waals surface area (Å²) in [6.45, 7) is 4.11. The molecule has 0 aliphatic rings. The van der Waals surface area contributed by atoms with Crippen LogP contribution in [0, 0.1) is 0 Å². The lowest BCUT2D eigenvalue weighted by atomic mass is 10.1. The van der Waals surface area contributed by atoms with Crippen LogP contribution < -0.4 is 9.47 Å². The van der Waals surface area contributed by atoms with E-state index in [4.69, 9.17) is 14.6 Å². The monoisotopic (exact) mass is 350 g/mol. The highest BCUT2D eigenvalue weighted by Crippen LogP contribution is 2.30. The molecule has 1 atom stereocenters. The summed E-state index contributed by atoms with van der Waals surface area (Å²) in [7, 11) is 2.77. The molecule has 0 heterocycles. The van der Waals surface area contributed by atoms with Crippen molar-refractivity contribution in [2.24, 2.45) is 0 Å². The Morgan fingerprint density at radius 2 is 1.96 bits per heavy atom. The van der Waals surface area contributed by atoms with Crippen LogP contribution in [0.1, 0.15) is 45.1 Å². The maximum Gasteiger partial charge on any atom is 0.334 e. The fraction of sp³-hybridized carbons (Fsp3) is 0.474. The van der Waals surface area contributed by atoms with E-state index in [9.17, 15) is 9.59 Å². The summed E-state index contributed by atoms with van der Waals surface area (Å²) >= 11 is 0. The minimum Gasteiger partial charge on any atom is -0.493 e. The number of aliphatic carboxylic acids is 1. The second kappa shape index (κ2) is 10.4. The van der Waals surface area contributed by atoms with Crippen molar-refractivity contribution >= 4 is 18.0 Å². The summed E-state index contributed by atoms with van der Waals surface area (Å²) in [5.41, 5.74) is 0.699. The van der Waals surface area contributed by atoms with Crippen LogP contribution >= 0.6 is 0 Å². The Labute approximate surface area is 148 Å². The number of carbonyl (C=O) groups excluding carboxylic acids is 1. The zero-order valence-corrected chi connectivity index (χ0v) is 15.2. The van der Waals surface area contributed by atoms with E-state index in [1.807, 2.05) is 6.92 Å². The van der Waals surface area contributed by atoms with Gasteiger partial charge in [-0.1, -0.05) is 25.8 Å². The molecule has 1 rings (SSSR count). The van der Waals surface area contributed by atoms with Crippen molar-refractivity contribution in [2.45, 2.75) is 45.6 Å². The molecule has 0 radical (unpaired) electrons. The number of ether oxygens (including phenoxy) is 3. The average molecular weight is 350 g/mol. The zero-order valence-electron chi connectivity index (χ0n) is 15.2. The van der Waals surface area contributed by atoms with Crippen LogP contribution in [0.25, 0.3) is 6.08 Å². The van der Waals surface area contributed by atoms with Crippen LogP contribution in [-0.4, -0.2) is 37.4 Å². The van der Waals surface area contributed by atoms with Gasteiger partial charge in [0, 0.05) is 5.57 Å². The number of carbonyl (C=O) groups is 2. The van der Waals surface area contributed by atoms with Gasteiger partial charge in [0.25, 0.3) is 0 Å². The van der Waals surface area contributed by atoms with Crippen molar-refractivity contribution in [3.05, 3.63) is 29.3 Å². The number of unbranched alkanes of at least 4 members (excludes halogenated alkanes) is 1. The molecule has 25 heavy (non-hydrogen) atoms. The van der Waals surface area contributed by atoms with Gasteiger partial charge < -0.3 is 19.3 Å². The lowest BCUT2D eigenvalue weighted by molar-refractivity contribution is -0.141. The molecular weight excluding hydrogens is 324 g/mol. The number of esters is 1. The minimum atomic E-state index is -1.10. The van der Waals surface area contributed by atoms with Gasteiger partial charge in [0.1, 0.15) is 0 Å². The third-order valence-corrected chi connectivity index (χ3v) is 3.61. The van der Waals surface area contributed by atoms with Crippen LogP contribution in [0.2, 0.25) is 0 Å². The Balaban J connectivity index is 3.10. The molecule has 0 spiro atoms. The molecule has 6 nitrogen and oxygen atoms in total. The SMILES string of the molecule is CCCCC(C)Oc1cc(/C=C(\CC(=O)O)C(=O)OC)ccc1OC. The molecule has 0 fully saturated rings. The molecule has 138 valence electrons. The number of methoxy groups -OCH3 is 2. The summed E-state index contributed by atoms with van der Waals surface area (Å²) in [6.07, 6.45) is 4.17. The molecule has 0 saturated heterocycles. The first-order valence-corrected chi connectivity index (χ1v) is 8.26. The van der Waals surface area contributed by atoms with E-state index < -0.39 is 18.4 Å². The van der Waals surface area contributed by atoms with E-state index in [1.54, 1.807) is 25.3 Å². The van der Waals surface area contributed by atoms with E-state index in [1.165, 1.54) is 13.2 Å². The van der Waals surface area contributed by atoms with Gasteiger partial charge >= 0.3 is 11.9 Å². The summed E-state index contributed by atoms with van der Waals surface area (Å²) < 4.78 is 15.9. The van der Waals surface area contributed by atoms with Gasteiger partial charge in [0.05, 0.1) is 26.7 Å². The van der Waals surface area contributed by atoms with Crippen LogP contribution in [0.3, 0.4) is 0 Å². The van der Waals surface area contributed by atoms with Crippen LogP contribution in [0.15, 0.2) is 23.8 Å². The summed E-state index contributed by atoms with van der Waals surface area (Å²) in [6, 6.07) is 5.18. The van der Waals surface area contributed by atoms with Gasteiger partial charge in [-0.2, -0.15) is 0 Å². The molecule has 0 aliphatic heterocycles. The molecule has 6 heteroatoms. The average Bonchev–Trinajstić information content (AvgIpc) is 2.58. The fourth-order valence-electron chi connectivity index (χ4n) is 2.32. The Hall–Kier alpha value is -2.50. The highest BCUT2D eigenvalue weighted by atomic mass is 16.5. The second-order valence-electron chi connectivity index (χ2n) is 5.71. The predicted octanol–water partition coefficient (Wildman–Crippen LogP) is 3.68. The van der Waals surface area contributed by atoms with Crippen molar-refractivity contribution in [3.63, 3.8) is 0 Å². The molecule has 0 bridgehead atoms. The molecule has 0 saturated carbocycles. The van der Waals surface area contributed by atoms with Gasteiger partial charge in [-0.05, 0) is 37.1 Å². The van der Waals surface area contributed by atoms with E-state index in [0.717, 1.165) is 19.3 Å². The maximum absolute atomic E-state index is 11.7. The Bertz CT molecular complexity index is 620. The third kappa shape index (κ3) is 6.87. The third-order valence-electron chi connectivity index (χ3n) is 3.61. The van der Waals surface area contributed by atoms with Gasteiger partial charge in [0.2, 0.25) is 0 Å². The molecule has 0 aromatic heterocycles. The molecular formula is C19H26O6. The van der Waals surface area contributed by atoms with Crippen molar-refractivity contribution in [1.82, 2.24) is 0 Å². The maximum atomic E-state index is 11.7. The number of carboxylic acids is 1. The predicted molar refractivity (Wildman–Crippen MR) is 94.9 cm³/mol. The smallest absolute Gasteiger partial charge is 0.334 e. The quantitative estimate of drug-likeness (QED) is 0.512. The second-order valence-corrected chi connectivity index (χ2v) is 5.71. The number of hydrogen-bond acceptors (Lipinski definition) is 5. The summed E-state index contributed by atoms with van der Waals surface area (Å²) in [5.74, 6) is -0.635. The Morgan fingerprint density at radius 1 is 1.24 bits per heavy atom.